The van der Waals surface area contributed by atoms with Crippen molar-refractivity contribution in [2.75, 3.05) is 6.54 Å². The normalized spacial score (nSPS) is 17.9. The maximum Gasteiger partial charge on any atom is 0.138 e. The summed E-state index contributed by atoms with van der Waals surface area (Å²) in [5, 5.41) is 1.28. The number of fused-ring (bicyclic) bond motifs is 1. The number of aromatic nitrogens is 4. The molecule has 0 saturated carbocycles. The average Bonchev–Trinajstić information content (AvgIpc) is 3.43. The topological polar surface area (TPSA) is 49.7 Å². The quantitative estimate of drug-likeness (QED) is 0.607. The van der Waals surface area contributed by atoms with E-state index in [0.29, 0.717) is 6.04 Å². The van der Waals surface area contributed by atoms with Gasteiger partial charge in [-0.05, 0) is 60.7 Å². The van der Waals surface area contributed by atoms with E-state index < -0.39 is 0 Å². The zero-order chi connectivity index (χ0) is 17.3. The van der Waals surface area contributed by atoms with Crippen LogP contribution < -0.4 is 0 Å². The minimum atomic E-state index is 0.375. The number of pyridine rings is 1. The lowest BCUT2D eigenvalue weighted by atomic mass is 10.1. The Morgan fingerprint density at radius 3 is 3.08 bits per heavy atom. The van der Waals surface area contributed by atoms with Crippen LogP contribution in [0.1, 0.15) is 30.1 Å². The van der Waals surface area contributed by atoms with Gasteiger partial charge in [0.1, 0.15) is 12.1 Å². The number of rotatable bonds is 4. The van der Waals surface area contributed by atoms with Gasteiger partial charge in [-0.2, -0.15) is 0 Å². The van der Waals surface area contributed by atoms with Crippen molar-refractivity contribution in [3.63, 3.8) is 0 Å². The molecule has 0 aliphatic carbocycles. The fourth-order valence-corrected chi connectivity index (χ4v) is 3.95. The van der Waals surface area contributed by atoms with Gasteiger partial charge >= 0.3 is 0 Å². The van der Waals surface area contributed by atoms with Crippen molar-refractivity contribution >= 4 is 10.9 Å². The maximum absolute atomic E-state index is 4.91. The minimum absolute atomic E-state index is 0.375. The summed E-state index contributed by atoms with van der Waals surface area (Å²) in [5.41, 5.74) is 3.70. The highest BCUT2D eigenvalue weighted by molar-refractivity contribution is 5.79. The molecule has 4 heterocycles. The van der Waals surface area contributed by atoms with Crippen molar-refractivity contribution in [1.29, 1.82) is 0 Å². The van der Waals surface area contributed by atoms with Crippen molar-refractivity contribution in [2.45, 2.75) is 25.4 Å². The predicted molar refractivity (Wildman–Crippen MR) is 102 cm³/mol. The molecule has 1 saturated heterocycles. The van der Waals surface area contributed by atoms with Gasteiger partial charge in [-0.1, -0.05) is 12.1 Å². The Bertz CT molecular complexity index is 1020. The van der Waals surface area contributed by atoms with Crippen molar-refractivity contribution in [2.24, 2.45) is 0 Å². The number of benzene rings is 1. The third kappa shape index (κ3) is 2.80. The lowest BCUT2D eigenvalue weighted by Gasteiger charge is -2.24. The Morgan fingerprint density at radius 2 is 2.15 bits per heavy atom. The van der Waals surface area contributed by atoms with Crippen LogP contribution in [0.25, 0.3) is 16.7 Å². The average molecular weight is 343 g/mol. The molecule has 0 unspecified atom stereocenters. The van der Waals surface area contributed by atoms with Crippen LogP contribution in [0, 0.1) is 0 Å². The zero-order valence-corrected chi connectivity index (χ0v) is 14.5. The van der Waals surface area contributed by atoms with Gasteiger partial charge in [0.15, 0.2) is 0 Å². The fraction of sp³-hybridized carbons (Fsp3) is 0.238. The van der Waals surface area contributed by atoms with Crippen LogP contribution in [0.2, 0.25) is 0 Å². The van der Waals surface area contributed by atoms with Crippen LogP contribution in [-0.2, 0) is 6.54 Å². The van der Waals surface area contributed by atoms with E-state index in [1.54, 1.807) is 12.5 Å². The molecule has 0 spiro atoms. The smallest absolute Gasteiger partial charge is 0.138 e. The highest BCUT2D eigenvalue weighted by atomic mass is 15.2. The molecule has 1 atom stereocenters. The third-order valence-corrected chi connectivity index (χ3v) is 5.23. The first-order chi connectivity index (χ1) is 12.9. The summed E-state index contributed by atoms with van der Waals surface area (Å²) in [6.07, 6.45) is 9.89. The number of hydrogen-bond donors (Lipinski definition) is 1. The lowest BCUT2D eigenvalue weighted by molar-refractivity contribution is 0.244. The second-order valence-corrected chi connectivity index (χ2v) is 6.92. The Morgan fingerprint density at radius 1 is 1.15 bits per heavy atom. The van der Waals surface area contributed by atoms with Crippen LogP contribution in [0.15, 0.2) is 67.4 Å². The number of aromatic amines is 1. The number of nitrogens with zero attached hydrogens (tertiary/aromatic N) is 4. The van der Waals surface area contributed by atoms with Gasteiger partial charge in [0.2, 0.25) is 0 Å². The first-order valence-corrected chi connectivity index (χ1v) is 9.12. The molecule has 0 radical (unpaired) electrons. The first-order valence-electron chi connectivity index (χ1n) is 9.12. The molecule has 1 N–H and O–H groups in total. The fourth-order valence-electron chi connectivity index (χ4n) is 3.95. The van der Waals surface area contributed by atoms with E-state index in [2.05, 4.69) is 51.3 Å². The van der Waals surface area contributed by atoms with Crippen LogP contribution in [0.3, 0.4) is 0 Å². The van der Waals surface area contributed by atoms with Crippen molar-refractivity contribution in [3.05, 3.63) is 78.6 Å². The van der Waals surface area contributed by atoms with E-state index in [0.717, 1.165) is 31.0 Å². The summed E-state index contributed by atoms with van der Waals surface area (Å²) in [6.45, 7) is 2.08. The third-order valence-electron chi connectivity index (χ3n) is 5.23. The van der Waals surface area contributed by atoms with E-state index in [9.17, 15) is 0 Å². The minimum Gasteiger partial charge on any atom is -0.361 e. The highest BCUT2D eigenvalue weighted by Crippen LogP contribution is 2.32. The van der Waals surface area contributed by atoms with E-state index in [4.69, 9.17) is 4.98 Å². The van der Waals surface area contributed by atoms with Gasteiger partial charge in [-0.25, -0.2) is 9.97 Å². The van der Waals surface area contributed by atoms with E-state index in [-0.39, 0.29) is 0 Å². The molecule has 1 fully saturated rings. The second-order valence-electron chi connectivity index (χ2n) is 6.92. The molecule has 5 heteroatoms. The molecule has 5 nitrogen and oxygen atoms in total. The summed E-state index contributed by atoms with van der Waals surface area (Å²) in [4.78, 5) is 14.8. The highest BCUT2D eigenvalue weighted by Gasteiger charge is 2.27. The molecular formula is C21H21N5. The number of H-pyrrole nitrogens is 1. The number of hydrogen-bond acceptors (Lipinski definition) is 3. The van der Waals surface area contributed by atoms with Crippen molar-refractivity contribution in [3.8, 4) is 5.82 Å². The molecule has 130 valence electrons. The second kappa shape index (κ2) is 6.42. The molecule has 1 aliphatic rings. The summed E-state index contributed by atoms with van der Waals surface area (Å²) < 4.78 is 1.96. The van der Waals surface area contributed by atoms with Gasteiger partial charge in [0.25, 0.3) is 0 Å². The summed E-state index contributed by atoms with van der Waals surface area (Å²) in [7, 11) is 0. The molecule has 0 amide bonds. The van der Waals surface area contributed by atoms with E-state index >= 15 is 0 Å². The summed E-state index contributed by atoms with van der Waals surface area (Å²) in [5.74, 6) is 0.931. The van der Waals surface area contributed by atoms with Gasteiger partial charge < -0.3 is 4.98 Å². The maximum atomic E-state index is 4.91. The Labute approximate surface area is 152 Å². The van der Waals surface area contributed by atoms with Crippen LogP contribution in [-0.4, -0.2) is 31.0 Å². The van der Waals surface area contributed by atoms with Gasteiger partial charge in [0, 0.05) is 30.7 Å². The largest absolute Gasteiger partial charge is 0.361 e. The van der Waals surface area contributed by atoms with Crippen LogP contribution in [0.5, 0.6) is 0 Å². The Kier molecular flexibility index (Phi) is 3.79. The monoisotopic (exact) mass is 343 g/mol. The Balaban J connectivity index is 1.41. The molecule has 3 aromatic heterocycles. The SMILES string of the molecule is c1cc([C@@H]2CCCN2Cc2ccc3[nH]ccc3c2)nc(-n2ccnc2)c1. The lowest BCUT2D eigenvalue weighted by Crippen LogP contribution is -2.23. The van der Waals surface area contributed by atoms with Crippen molar-refractivity contribution < 1.29 is 0 Å². The first kappa shape index (κ1) is 15.3. The number of likely N-dealkylation sites (tertiary alicyclic amines) is 1. The summed E-state index contributed by atoms with van der Waals surface area (Å²) in [6, 6.07) is 15.5. The molecule has 0 bridgehead atoms. The van der Waals surface area contributed by atoms with Crippen molar-refractivity contribution in [1.82, 2.24) is 24.4 Å². The molecule has 4 aromatic rings. The van der Waals surface area contributed by atoms with E-state index in [1.165, 1.54) is 22.9 Å². The number of nitrogens with one attached hydrogen (secondary N) is 1. The van der Waals surface area contributed by atoms with E-state index in [1.807, 2.05) is 23.0 Å². The van der Waals surface area contributed by atoms with Gasteiger partial charge in [0.05, 0.1) is 11.7 Å². The number of imidazole rings is 1. The van der Waals surface area contributed by atoms with Gasteiger partial charge in [-0.15, -0.1) is 0 Å². The standard InChI is InChI=1S/C21H21N5/c1-3-19(24-21(5-1)26-12-10-22-15-26)20-4-2-11-25(20)14-16-6-7-18-17(13-16)8-9-23-18/h1,3,5-10,12-13,15,20,23H,2,4,11,14H2/t20-/m0/s1. The summed E-state index contributed by atoms with van der Waals surface area (Å²) >= 11 is 0. The molecule has 26 heavy (non-hydrogen) atoms. The molecule has 5 rings (SSSR count). The Hall–Kier alpha value is -2.92. The molecule has 1 aliphatic heterocycles. The van der Waals surface area contributed by atoms with Gasteiger partial charge in [-0.3, -0.25) is 9.47 Å². The molecular weight excluding hydrogens is 322 g/mol. The zero-order valence-electron chi connectivity index (χ0n) is 14.5. The predicted octanol–water partition coefficient (Wildman–Crippen LogP) is 4.09. The van der Waals surface area contributed by atoms with Crippen LogP contribution in [0.4, 0.5) is 0 Å². The molecule has 1 aromatic carbocycles. The van der Waals surface area contributed by atoms with Crippen LogP contribution >= 0.6 is 0 Å².